The van der Waals surface area contributed by atoms with Crippen LogP contribution in [0.2, 0.25) is 0 Å². The molecule has 0 radical (unpaired) electrons. The van der Waals surface area contributed by atoms with Crippen LogP contribution in [0.1, 0.15) is 37.1 Å². The Labute approximate surface area is 130 Å². The van der Waals surface area contributed by atoms with Crippen LogP contribution in [0.3, 0.4) is 0 Å². The molecule has 0 amide bonds. The minimum atomic E-state index is 0.682. The van der Waals surface area contributed by atoms with E-state index in [9.17, 15) is 0 Å². The summed E-state index contributed by atoms with van der Waals surface area (Å²) in [6.45, 7) is 6.68. The summed E-state index contributed by atoms with van der Waals surface area (Å²) in [5.41, 5.74) is 2.40. The summed E-state index contributed by atoms with van der Waals surface area (Å²) >= 11 is 3.70. The third-order valence-corrected chi connectivity index (χ3v) is 5.52. The summed E-state index contributed by atoms with van der Waals surface area (Å²) in [6, 6.07) is 0.682. The second-order valence-corrected chi connectivity index (χ2v) is 7.19. The molecule has 5 heteroatoms. The zero-order valence-corrected chi connectivity index (χ0v) is 14.1. The molecule has 1 aliphatic carbocycles. The summed E-state index contributed by atoms with van der Waals surface area (Å²) in [5, 5.41) is 8.14. The first-order valence-corrected chi connectivity index (χ1v) is 8.56. The molecule has 0 spiro atoms. The maximum absolute atomic E-state index is 4.52. The largest absolute Gasteiger partial charge is 0.313 e. The van der Waals surface area contributed by atoms with Crippen molar-refractivity contribution in [2.24, 2.45) is 13.0 Å². The van der Waals surface area contributed by atoms with Crippen molar-refractivity contribution in [2.75, 3.05) is 19.6 Å². The van der Waals surface area contributed by atoms with Crippen molar-refractivity contribution in [3.8, 4) is 0 Å². The van der Waals surface area contributed by atoms with Gasteiger partial charge >= 0.3 is 0 Å². The maximum Gasteiger partial charge on any atom is 0.0739 e. The normalized spacial score (nSPS) is 22.9. The van der Waals surface area contributed by atoms with Gasteiger partial charge < -0.3 is 5.32 Å². The van der Waals surface area contributed by atoms with E-state index in [-0.39, 0.29) is 0 Å². The molecule has 2 aliphatic rings. The van der Waals surface area contributed by atoms with Crippen LogP contribution in [-0.4, -0.2) is 40.4 Å². The van der Waals surface area contributed by atoms with Gasteiger partial charge in [0.2, 0.25) is 0 Å². The number of rotatable bonds is 6. The van der Waals surface area contributed by atoms with Crippen LogP contribution >= 0.6 is 15.9 Å². The second-order valence-electron chi connectivity index (χ2n) is 6.40. The molecular weight excluding hydrogens is 316 g/mol. The lowest BCUT2D eigenvalue weighted by molar-refractivity contribution is 0.226. The lowest BCUT2D eigenvalue weighted by Crippen LogP contribution is -2.38. The number of nitrogens with zero attached hydrogens (tertiary/aromatic N) is 3. The van der Waals surface area contributed by atoms with Crippen LogP contribution in [-0.2, 0) is 13.6 Å². The SMILES string of the molecule is Cc1nn(C)c(CN(CC2CC2)CC2CCCN2)c1Br. The maximum atomic E-state index is 4.52. The molecule has 2 heterocycles. The van der Waals surface area contributed by atoms with E-state index in [0.29, 0.717) is 6.04 Å². The molecule has 0 bridgehead atoms. The van der Waals surface area contributed by atoms with Crippen LogP contribution < -0.4 is 5.32 Å². The van der Waals surface area contributed by atoms with Gasteiger partial charge in [-0.15, -0.1) is 0 Å². The summed E-state index contributed by atoms with van der Waals surface area (Å²) < 4.78 is 3.21. The molecule has 4 nitrogen and oxygen atoms in total. The fourth-order valence-corrected chi connectivity index (χ4v) is 3.62. The van der Waals surface area contributed by atoms with E-state index < -0.39 is 0 Å². The zero-order valence-electron chi connectivity index (χ0n) is 12.5. The van der Waals surface area contributed by atoms with Crippen molar-refractivity contribution in [3.63, 3.8) is 0 Å². The highest BCUT2D eigenvalue weighted by molar-refractivity contribution is 9.10. The Morgan fingerprint density at radius 1 is 1.35 bits per heavy atom. The van der Waals surface area contributed by atoms with E-state index in [1.54, 1.807) is 0 Å². The van der Waals surface area contributed by atoms with Crippen LogP contribution in [0.25, 0.3) is 0 Å². The van der Waals surface area contributed by atoms with Gasteiger partial charge in [-0.1, -0.05) is 0 Å². The highest BCUT2D eigenvalue weighted by atomic mass is 79.9. The Morgan fingerprint density at radius 2 is 2.15 bits per heavy atom. The second kappa shape index (κ2) is 6.16. The number of hydrogen-bond acceptors (Lipinski definition) is 3. The fraction of sp³-hybridized carbons (Fsp3) is 0.800. The highest BCUT2D eigenvalue weighted by Gasteiger charge is 2.27. The molecule has 1 aromatic rings. The molecule has 3 rings (SSSR count). The van der Waals surface area contributed by atoms with E-state index in [0.717, 1.165) is 18.2 Å². The van der Waals surface area contributed by atoms with Crippen LogP contribution in [0.5, 0.6) is 0 Å². The Kier molecular flexibility index (Phi) is 4.48. The first kappa shape index (κ1) is 14.5. The third kappa shape index (κ3) is 3.43. The van der Waals surface area contributed by atoms with Crippen molar-refractivity contribution in [3.05, 3.63) is 15.9 Å². The van der Waals surface area contributed by atoms with Crippen molar-refractivity contribution >= 4 is 15.9 Å². The van der Waals surface area contributed by atoms with Gasteiger partial charge in [0, 0.05) is 32.7 Å². The molecule has 1 aliphatic heterocycles. The zero-order chi connectivity index (χ0) is 14.1. The van der Waals surface area contributed by atoms with Gasteiger partial charge in [0.15, 0.2) is 0 Å². The molecule has 2 fully saturated rings. The molecule has 1 unspecified atom stereocenters. The number of nitrogens with one attached hydrogen (secondary N) is 1. The number of aryl methyl sites for hydroxylation is 2. The fourth-order valence-electron chi connectivity index (χ4n) is 3.16. The summed E-state index contributed by atoms with van der Waals surface area (Å²) in [4.78, 5) is 2.63. The molecule has 0 aromatic carbocycles. The van der Waals surface area contributed by atoms with E-state index in [1.807, 2.05) is 4.68 Å². The van der Waals surface area contributed by atoms with Gasteiger partial charge in [-0.25, -0.2) is 0 Å². The summed E-state index contributed by atoms with van der Waals surface area (Å²) in [7, 11) is 2.05. The third-order valence-electron chi connectivity index (χ3n) is 4.49. The molecule has 1 N–H and O–H groups in total. The van der Waals surface area contributed by atoms with Gasteiger partial charge in [-0.05, 0) is 61.0 Å². The van der Waals surface area contributed by atoms with E-state index in [1.165, 1.54) is 55.5 Å². The molecule has 112 valence electrons. The Balaban J connectivity index is 1.67. The molecule has 1 aromatic heterocycles. The van der Waals surface area contributed by atoms with Gasteiger partial charge in [-0.2, -0.15) is 5.10 Å². The van der Waals surface area contributed by atoms with E-state index in [2.05, 4.69) is 45.2 Å². The first-order chi connectivity index (χ1) is 9.63. The van der Waals surface area contributed by atoms with Gasteiger partial charge in [-0.3, -0.25) is 9.58 Å². The lowest BCUT2D eigenvalue weighted by atomic mass is 10.2. The Morgan fingerprint density at radius 3 is 2.70 bits per heavy atom. The predicted octanol–water partition coefficient (Wildman–Crippen LogP) is 2.46. The summed E-state index contributed by atoms with van der Waals surface area (Å²) in [5.74, 6) is 0.935. The minimum Gasteiger partial charge on any atom is -0.313 e. The van der Waals surface area contributed by atoms with Crippen molar-refractivity contribution in [1.29, 1.82) is 0 Å². The summed E-state index contributed by atoms with van der Waals surface area (Å²) in [6.07, 6.45) is 5.49. The van der Waals surface area contributed by atoms with Crippen molar-refractivity contribution in [2.45, 2.75) is 45.2 Å². The molecule has 1 saturated heterocycles. The molecule has 1 saturated carbocycles. The monoisotopic (exact) mass is 340 g/mol. The van der Waals surface area contributed by atoms with Crippen LogP contribution in [0.15, 0.2) is 4.47 Å². The Hall–Kier alpha value is -0.390. The van der Waals surface area contributed by atoms with Gasteiger partial charge in [0.05, 0.1) is 15.9 Å². The minimum absolute atomic E-state index is 0.682. The van der Waals surface area contributed by atoms with Gasteiger partial charge in [0.1, 0.15) is 0 Å². The van der Waals surface area contributed by atoms with Crippen molar-refractivity contribution in [1.82, 2.24) is 20.0 Å². The number of aromatic nitrogens is 2. The topological polar surface area (TPSA) is 33.1 Å². The van der Waals surface area contributed by atoms with Crippen LogP contribution in [0, 0.1) is 12.8 Å². The number of hydrogen-bond donors (Lipinski definition) is 1. The molecular formula is C15H25BrN4. The predicted molar refractivity (Wildman–Crippen MR) is 84.7 cm³/mol. The van der Waals surface area contributed by atoms with Crippen molar-refractivity contribution < 1.29 is 0 Å². The Bertz CT molecular complexity index is 461. The van der Waals surface area contributed by atoms with E-state index >= 15 is 0 Å². The van der Waals surface area contributed by atoms with E-state index in [4.69, 9.17) is 0 Å². The average Bonchev–Trinajstić information content (AvgIpc) is 3.01. The molecule has 1 atom stereocenters. The van der Waals surface area contributed by atoms with Crippen LogP contribution in [0.4, 0.5) is 0 Å². The standard InChI is InChI=1S/C15H25BrN4/c1-11-15(16)14(19(2)18-11)10-20(8-12-5-6-12)9-13-4-3-7-17-13/h12-13,17H,3-10H2,1-2H3. The lowest BCUT2D eigenvalue weighted by Gasteiger charge is -2.26. The smallest absolute Gasteiger partial charge is 0.0739 e. The van der Waals surface area contributed by atoms with Gasteiger partial charge in [0.25, 0.3) is 0 Å². The first-order valence-electron chi connectivity index (χ1n) is 7.77. The molecule has 20 heavy (non-hydrogen) atoms. The average molecular weight is 341 g/mol. The number of halogens is 1. The quantitative estimate of drug-likeness (QED) is 0.863. The highest BCUT2D eigenvalue weighted by Crippen LogP contribution is 2.31.